The first-order chi connectivity index (χ1) is 4.81. The van der Waals surface area contributed by atoms with E-state index < -0.39 is 0 Å². The molecule has 0 bridgehead atoms. The zero-order chi connectivity index (χ0) is 7.82. The normalized spacial score (nSPS) is 10.1. The first-order valence-electron chi connectivity index (χ1n) is 3.61. The fourth-order valence-electron chi connectivity index (χ4n) is 0.612. The van der Waals surface area contributed by atoms with Gasteiger partial charge >= 0.3 is 0 Å². The number of hydrogen-bond acceptors (Lipinski definition) is 1. The van der Waals surface area contributed by atoms with Gasteiger partial charge in [0.25, 0.3) is 0 Å². The topological polar surface area (TPSA) is 17.1 Å². The van der Waals surface area contributed by atoms with Gasteiger partial charge in [-0.3, -0.25) is 4.79 Å². The van der Waals surface area contributed by atoms with E-state index in [1.807, 2.05) is 6.08 Å². The lowest BCUT2D eigenvalue weighted by Gasteiger charge is -1.87. The smallest absolute Gasteiger partial charge is 0.155 e. The van der Waals surface area contributed by atoms with Crippen molar-refractivity contribution in [3.63, 3.8) is 0 Å². The SMILES string of the molecule is C=CC(=O)CC/C=C\CC. The van der Waals surface area contributed by atoms with E-state index in [0.717, 1.165) is 12.8 Å². The van der Waals surface area contributed by atoms with E-state index in [0.29, 0.717) is 6.42 Å². The summed E-state index contributed by atoms with van der Waals surface area (Å²) in [5.41, 5.74) is 0. The Morgan fingerprint density at radius 3 is 2.70 bits per heavy atom. The van der Waals surface area contributed by atoms with E-state index in [1.165, 1.54) is 6.08 Å². The van der Waals surface area contributed by atoms with Crippen LogP contribution in [0.5, 0.6) is 0 Å². The monoisotopic (exact) mass is 138 g/mol. The van der Waals surface area contributed by atoms with Crippen molar-refractivity contribution in [1.29, 1.82) is 0 Å². The van der Waals surface area contributed by atoms with Crippen LogP contribution in [0.3, 0.4) is 0 Å². The van der Waals surface area contributed by atoms with Gasteiger partial charge in [-0.25, -0.2) is 0 Å². The van der Waals surface area contributed by atoms with Crippen molar-refractivity contribution in [1.82, 2.24) is 0 Å². The average molecular weight is 138 g/mol. The minimum atomic E-state index is 0.126. The molecule has 0 N–H and O–H groups in total. The molecule has 0 fully saturated rings. The summed E-state index contributed by atoms with van der Waals surface area (Å²) in [6.07, 6.45) is 7.96. The second kappa shape index (κ2) is 6.27. The summed E-state index contributed by atoms with van der Waals surface area (Å²) in [6.45, 7) is 5.46. The summed E-state index contributed by atoms with van der Waals surface area (Å²) >= 11 is 0. The molecule has 1 nitrogen and oxygen atoms in total. The first-order valence-corrected chi connectivity index (χ1v) is 3.61. The van der Waals surface area contributed by atoms with Gasteiger partial charge in [0, 0.05) is 6.42 Å². The number of ketones is 1. The molecule has 0 aliphatic carbocycles. The van der Waals surface area contributed by atoms with Gasteiger partial charge in [0.1, 0.15) is 0 Å². The molecule has 0 amide bonds. The second-order valence-electron chi connectivity index (χ2n) is 2.09. The van der Waals surface area contributed by atoms with Gasteiger partial charge in [0.15, 0.2) is 5.78 Å². The van der Waals surface area contributed by atoms with Crippen LogP contribution in [0.4, 0.5) is 0 Å². The Hall–Kier alpha value is -0.850. The van der Waals surface area contributed by atoms with Gasteiger partial charge in [-0.1, -0.05) is 25.7 Å². The van der Waals surface area contributed by atoms with Crippen LogP contribution in [0.1, 0.15) is 26.2 Å². The summed E-state index contributed by atoms with van der Waals surface area (Å²) in [4.78, 5) is 10.6. The lowest BCUT2D eigenvalue weighted by molar-refractivity contribution is -0.114. The van der Waals surface area contributed by atoms with Crippen molar-refractivity contribution in [2.45, 2.75) is 26.2 Å². The lowest BCUT2D eigenvalue weighted by atomic mass is 10.2. The van der Waals surface area contributed by atoms with Crippen LogP contribution in [-0.4, -0.2) is 5.78 Å². The number of hydrogen-bond donors (Lipinski definition) is 0. The zero-order valence-corrected chi connectivity index (χ0v) is 6.47. The number of carbonyl (C=O) groups is 1. The summed E-state index contributed by atoms with van der Waals surface area (Å²) in [5, 5.41) is 0. The van der Waals surface area contributed by atoms with Gasteiger partial charge < -0.3 is 0 Å². The number of rotatable bonds is 5. The van der Waals surface area contributed by atoms with Gasteiger partial charge in [-0.2, -0.15) is 0 Å². The second-order valence-corrected chi connectivity index (χ2v) is 2.09. The van der Waals surface area contributed by atoms with E-state index in [4.69, 9.17) is 0 Å². The third-order valence-corrected chi connectivity index (χ3v) is 1.19. The van der Waals surface area contributed by atoms with Gasteiger partial charge in [0.05, 0.1) is 0 Å². The van der Waals surface area contributed by atoms with Crippen LogP contribution in [0.2, 0.25) is 0 Å². The minimum absolute atomic E-state index is 0.126. The molecule has 0 radical (unpaired) electrons. The molecule has 0 aliphatic rings. The lowest BCUT2D eigenvalue weighted by Crippen LogP contribution is -1.88. The van der Waals surface area contributed by atoms with Crippen molar-refractivity contribution in [2.24, 2.45) is 0 Å². The Bertz CT molecular complexity index is 134. The molecule has 0 aliphatic heterocycles. The molecule has 0 aromatic rings. The quantitative estimate of drug-likeness (QED) is 0.421. The molecular weight excluding hydrogens is 124 g/mol. The molecule has 0 unspecified atom stereocenters. The maximum Gasteiger partial charge on any atom is 0.155 e. The minimum Gasteiger partial charge on any atom is -0.295 e. The van der Waals surface area contributed by atoms with Gasteiger partial charge in [-0.05, 0) is 18.9 Å². The Morgan fingerprint density at radius 2 is 2.20 bits per heavy atom. The molecule has 10 heavy (non-hydrogen) atoms. The first kappa shape index (κ1) is 9.15. The maximum absolute atomic E-state index is 10.6. The number of carbonyl (C=O) groups excluding carboxylic acids is 1. The van der Waals surface area contributed by atoms with Crippen molar-refractivity contribution >= 4 is 5.78 Å². The third-order valence-electron chi connectivity index (χ3n) is 1.19. The van der Waals surface area contributed by atoms with E-state index >= 15 is 0 Å². The fraction of sp³-hybridized carbons (Fsp3) is 0.444. The molecule has 0 atom stereocenters. The predicted octanol–water partition coefficient (Wildman–Crippen LogP) is 2.49. The Labute approximate surface area is 62.4 Å². The highest BCUT2D eigenvalue weighted by Gasteiger charge is 1.90. The molecular formula is C9H14O. The van der Waals surface area contributed by atoms with Crippen molar-refractivity contribution in [3.05, 3.63) is 24.8 Å². The van der Waals surface area contributed by atoms with E-state index in [2.05, 4.69) is 19.6 Å². The molecule has 0 saturated heterocycles. The summed E-state index contributed by atoms with van der Waals surface area (Å²) in [5.74, 6) is 0.126. The largest absolute Gasteiger partial charge is 0.295 e. The molecule has 0 rings (SSSR count). The highest BCUT2D eigenvalue weighted by Crippen LogP contribution is 1.93. The van der Waals surface area contributed by atoms with Gasteiger partial charge in [0.2, 0.25) is 0 Å². The molecule has 1 heteroatoms. The van der Waals surface area contributed by atoms with Crippen molar-refractivity contribution in [2.75, 3.05) is 0 Å². The molecule has 0 aromatic carbocycles. The summed E-state index contributed by atoms with van der Waals surface area (Å²) < 4.78 is 0. The van der Waals surface area contributed by atoms with E-state index in [9.17, 15) is 4.79 Å². The highest BCUT2D eigenvalue weighted by molar-refractivity contribution is 5.89. The standard InChI is InChI=1S/C9H14O/c1-3-5-6-7-8-9(10)4-2/h4-6H,2-3,7-8H2,1H3/b6-5-. The fourth-order valence-corrected chi connectivity index (χ4v) is 0.612. The van der Waals surface area contributed by atoms with Crippen molar-refractivity contribution in [3.8, 4) is 0 Å². The molecule has 0 aromatic heterocycles. The Balaban J connectivity index is 3.27. The highest BCUT2D eigenvalue weighted by atomic mass is 16.1. The number of allylic oxidation sites excluding steroid dienone is 3. The van der Waals surface area contributed by atoms with Crippen LogP contribution in [0.25, 0.3) is 0 Å². The van der Waals surface area contributed by atoms with Crippen molar-refractivity contribution < 1.29 is 4.79 Å². The zero-order valence-electron chi connectivity index (χ0n) is 6.47. The molecule has 0 saturated carbocycles. The van der Waals surface area contributed by atoms with Crippen LogP contribution < -0.4 is 0 Å². The molecule has 56 valence electrons. The molecule has 0 spiro atoms. The Morgan fingerprint density at radius 1 is 1.50 bits per heavy atom. The van der Waals surface area contributed by atoms with E-state index in [1.54, 1.807) is 0 Å². The van der Waals surface area contributed by atoms with Crippen LogP contribution in [0, 0.1) is 0 Å². The predicted molar refractivity (Wildman–Crippen MR) is 43.9 cm³/mol. The third kappa shape index (κ3) is 5.29. The average Bonchev–Trinajstić information content (AvgIpc) is 1.98. The Kier molecular flexibility index (Phi) is 5.74. The van der Waals surface area contributed by atoms with E-state index in [-0.39, 0.29) is 5.78 Å². The molecule has 0 heterocycles. The van der Waals surface area contributed by atoms with Crippen LogP contribution in [-0.2, 0) is 4.79 Å². The maximum atomic E-state index is 10.6. The van der Waals surface area contributed by atoms with Crippen LogP contribution in [0.15, 0.2) is 24.8 Å². The summed E-state index contributed by atoms with van der Waals surface area (Å²) in [7, 11) is 0. The summed E-state index contributed by atoms with van der Waals surface area (Å²) in [6, 6.07) is 0. The van der Waals surface area contributed by atoms with Crippen LogP contribution >= 0.6 is 0 Å². The van der Waals surface area contributed by atoms with Gasteiger partial charge in [-0.15, -0.1) is 0 Å².